The van der Waals surface area contributed by atoms with Crippen LogP contribution >= 0.6 is 22.9 Å². The second-order valence-electron chi connectivity index (χ2n) is 5.22. The predicted molar refractivity (Wildman–Crippen MR) is 96.6 cm³/mol. The minimum absolute atomic E-state index is 0.647. The van der Waals surface area contributed by atoms with Crippen LogP contribution in [0.25, 0.3) is 0 Å². The summed E-state index contributed by atoms with van der Waals surface area (Å²) in [6.07, 6.45) is -0.808. The molecule has 4 rings (SSSR count). The maximum Gasteiger partial charge on any atom is 0.175 e. The van der Waals surface area contributed by atoms with Crippen LogP contribution < -0.4 is 4.90 Å². The molecule has 1 aromatic heterocycles. The molecule has 0 aliphatic carbocycles. The van der Waals surface area contributed by atoms with E-state index in [1.54, 1.807) is 23.5 Å². The Hall–Kier alpha value is -2.14. The van der Waals surface area contributed by atoms with Crippen LogP contribution in [0.5, 0.6) is 0 Å². The fourth-order valence-electron chi connectivity index (χ4n) is 2.74. The largest absolute Gasteiger partial charge is 0.368 e. The molecular weight excluding hydrogens is 328 g/mol. The van der Waals surface area contributed by atoms with Crippen LogP contribution in [0.4, 0.5) is 17.1 Å². The number of para-hydroxylation sites is 1. The van der Waals surface area contributed by atoms with Gasteiger partial charge in [-0.25, -0.2) is 4.99 Å². The minimum atomic E-state index is -0.808. The maximum absolute atomic E-state index is 10.8. The van der Waals surface area contributed by atoms with Crippen LogP contribution in [-0.2, 0) is 0 Å². The zero-order valence-electron chi connectivity index (χ0n) is 12.1. The molecule has 3 aromatic rings. The number of thiophene rings is 1. The fourth-order valence-corrected chi connectivity index (χ4v) is 3.49. The van der Waals surface area contributed by atoms with Gasteiger partial charge in [-0.05, 0) is 41.8 Å². The van der Waals surface area contributed by atoms with Gasteiger partial charge in [0, 0.05) is 16.0 Å². The first-order valence-electron chi connectivity index (χ1n) is 7.17. The van der Waals surface area contributed by atoms with Gasteiger partial charge in [0.05, 0.1) is 22.8 Å². The van der Waals surface area contributed by atoms with Crippen LogP contribution in [0.1, 0.15) is 5.56 Å². The van der Waals surface area contributed by atoms with Gasteiger partial charge >= 0.3 is 0 Å². The second kappa shape index (κ2) is 5.81. The van der Waals surface area contributed by atoms with Crippen molar-refractivity contribution in [3.8, 4) is 0 Å². The number of nitrogens with zero attached hydrogens (tertiary/aromatic N) is 2. The highest BCUT2D eigenvalue weighted by molar-refractivity contribution is 7.08. The molecule has 0 saturated carbocycles. The van der Waals surface area contributed by atoms with E-state index in [2.05, 4.69) is 4.99 Å². The van der Waals surface area contributed by atoms with Crippen LogP contribution in [0.3, 0.4) is 0 Å². The molecule has 1 N–H and O–H groups in total. The Kier molecular flexibility index (Phi) is 3.65. The smallest absolute Gasteiger partial charge is 0.175 e. The lowest BCUT2D eigenvalue weighted by atomic mass is 10.1. The number of hydrogen-bond acceptors (Lipinski definition) is 4. The van der Waals surface area contributed by atoms with Crippen molar-refractivity contribution in [1.82, 2.24) is 0 Å². The van der Waals surface area contributed by atoms with E-state index in [4.69, 9.17) is 11.6 Å². The van der Waals surface area contributed by atoms with Crippen LogP contribution in [0.15, 0.2) is 70.3 Å². The lowest BCUT2D eigenvalue weighted by molar-refractivity contribution is 0.253. The molecule has 2 aromatic carbocycles. The van der Waals surface area contributed by atoms with Crippen molar-refractivity contribution in [3.05, 3.63) is 75.9 Å². The van der Waals surface area contributed by atoms with E-state index in [9.17, 15) is 5.11 Å². The van der Waals surface area contributed by atoms with Gasteiger partial charge in [-0.15, -0.1) is 0 Å². The quantitative estimate of drug-likeness (QED) is 0.713. The van der Waals surface area contributed by atoms with Crippen molar-refractivity contribution in [2.24, 2.45) is 4.99 Å². The van der Waals surface area contributed by atoms with Gasteiger partial charge in [0.1, 0.15) is 0 Å². The predicted octanol–water partition coefficient (Wildman–Crippen LogP) is 4.99. The summed E-state index contributed by atoms with van der Waals surface area (Å²) < 4.78 is 0. The second-order valence-corrected chi connectivity index (χ2v) is 6.43. The molecule has 0 saturated heterocycles. The molecule has 23 heavy (non-hydrogen) atoms. The van der Waals surface area contributed by atoms with Gasteiger partial charge < -0.3 is 10.0 Å². The molecule has 0 radical (unpaired) electrons. The molecular formula is C18H13ClN2OS. The average molecular weight is 341 g/mol. The summed E-state index contributed by atoms with van der Waals surface area (Å²) in [6.45, 7) is 0. The number of benzene rings is 2. The number of aliphatic hydroxyl groups is 1. The van der Waals surface area contributed by atoms with E-state index in [1.165, 1.54) is 0 Å². The molecule has 3 nitrogen and oxygen atoms in total. The Morgan fingerprint density at radius 1 is 1.04 bits per heavy atom. The molecule has 0 spiro atoms. The van der Waals surface area contributed by atoms with E-state index in [0.29, 0.717) is 10.7 Å². The molecule has 0 fully saturated rings. The van der Waals surface area contributed by atoms with Gasteiger partial charge in [-0.1, -0.05) is 29.8 Å². The van der Waals surface area contributed by atoms with Crippen LogP contribution in [0, 0.1) is 0 Å². The molecule has 0 bridgehead atoms. The third-order valence-corrected chi connectivity index (χ3v) is 4.71. The summed E-state index contributed by atoms with van der Waals surface area (Å²) in [4.78, 5) is 6.55. The van der Waals surface area contributed by atoms with Crippen molar-refractivity contribution in [1.29, 1.82) is 0 Å². The monoisotopic (exact) mass is 340 g/mol. The summed E-state index contributed by atoms with van der Waals surface area (Å²) in [5.74, 6) is 0. The van der Waals surface area contributed by atoms with E-state index in [-0.39, 0.29) is 0 Å². The molecule has 1 atom stereocenters. The van der Waals surface area contributed by atoms with E-state index < -0.39 is 6.23 Å². The van der Waals surface area contributed by atoms with Gasteiger partial charge in [-0.3, -0.25) is 0 Å². The first kappa shape index (κ1) is 14.5. The van der Waals surface area contributed by atoms with Crippen molar-refractivity contribution in [2.75, 3.05) is 4.90 Å². The van der Waals surface area contributed by atoms with E-state index in [1.807, 2.05) is 58.1 Å². The molecule has 2 heterocycles. The van der Waals surface area contributed by atoms with Crippen molar-refractivity contribution >= 4 is 45.7 Å². The third-order valence-electron chi connectivity index (χ3n) is 3.79. The van der Waals surface area contributed by atoms with E-state index in [0.717, 1.165) is 22.6 Å². The third kappa shape index (κ3) is 2.55. The summed E-state index contributed by atoms with van der Waals surface area (Å²) in [7, 11) is 0. The number of halogens is 1. The Morgan fingerprint density at radius 2 is 1.83 bits per heavy atom. The van der Waals surface area contributed by atoms with Crippen LogP contribution in [0.2, 0.25) is 5.02 Å². The number of fused-ring (bicyclic) bond motifs is 1. The Bertz CT molecular complexity index is 859. The number of rotatable bonds is 2. The van der Waals surface area contributed by atoms with E-state index >= 15 is 0 Å². The molecule has 114 valence electrons. The highest BCUT2D eigenvalue weighted by atomic mass is 35.5. The molecule has 0 amide bonds. The van der Waals surface area contributed by atoms with Crippen molar-refractivity contribution in [2.45, 2.75) is 6.23 Å². The SMILES string of the molecule is OC1C(=Nc2ccc(Cl)cc2)c2ccccc2N1c1ccsc1. The number of aliphatic imine (C=N–C) groups is 1. The standard InChI is InChI=1S/C18H13ClN2OS/c19-12-5-7-13(8-6-12)20-17-15-3-1-2-4-16(15)21(18(17)22)14-9-10-23-11-14/h1-11,18,22H. The topological polar surface area (TPSA) is 35.8 Å². The fraction of sp³-hybridized carbons (Fsp3) is 0.0556. The summed E-state index contributed by atoms with van der Waals surface area (Å²) in [5, 5.41) is 15.5. The molecule has 1 aliphatic heterocycles. The highest BCUT2D eigenvalue weighted by Gasteiger charge is 2.34. The Morgan fingerprint density at radius 3 is 2.57 bits per heavy atom. The van der Waals surface area contributed by atoms with Gasteiger partial charge in [0.25, 0.3) is 0 Å². The zero-order valence-corrected chi connectivity index (χ0v) is 13.6. The summed E-state index contributed by atoms with van der Waals surface area (Å²) in [6, 6.07) is 17.2. The maximum atomic E-state index is 10.8. The first-order valence-corrected chi connectivity index (χ1v) is 8.49. The van der Waals surface area contributed by atoms with Gasteiger partial charge in [0.2, 0.25) is 0 Å². The molecule has 1 aliphatic rings. The van der Waals surface area contributed by atoms with Gasteiger partial charge in [-0.2, -0.15) is 11.3 Å². The summed E-state index contributed by atoms with van der Waals surface area (Å²) in [5.41, 5.74) is 4.29. The lowest BCUT2D eigenvalue weighted by Crippen LogP contribution is -2.31. The zero-order chi connectivity index (χ0) is 15.8. The first-order chi connectivity index (χ1) is 11.2. The lowest BCUT2D eigenvalue weighted by Gasteiger charge is -2.21. The Balaban J connectivity index is 1.83. The number of hydrogen-bond donors (Lipinski definition) is 1. The van der Waals surface area contributed by atoms with Gasteiger partial charge in [0.15, 0.2) is 6.23 Å². The molecule has 1 unspecified atom stereocenters. The number of anilines is 2. The summed E-state index contributed by atoms with van der Waals surface area (Å²) >= 11 is 7.53. The van der Waals surface area contributed by atoms with Crippen molar-refractivity contribution in [3.63, 3.8) is 0 Å². The van der Waals surface area contributed by atoms with Crippen LogP contribution in [-0.4, -0.2) is 17.0 Å². The highest BCUT2D eigenvalue weighted by Crippen LogP contribution is 2.39. The molecule has 5 heteroatoms. The Labute approximate surface area is 143 Å². The minimum Gasteiger partial charge on any atom is -0.368 e. The average Bonchev–Trinajstić information content (AvgIpc) is 3.17. The number of aliphatic hydroxyl groups excluding tert-OH is 1. The van der Waals surface area contributed by atoms with Crippen molar-refractivity contribution < 1.29 is 5.11 Å². The normalized spacial score (nSPS) is 18.4.